The number of anilines is 2. The molecule has 1 aliphatic heterocycles. The van der Waals surface area contributed by atoms with E-state index >= 15 is 0 Å². The van der Waals surface area contributed by atoms with Crippen molar-refractivity contribution in [1.82, 2.24) is 10.2 Å². The molecule has 48 heavy (non-hydrogen) atoms. The van der Waals surface area contributed by atoms with Gasteiger partial charge in [-0.3, -0.25) is 19.3 Å². The number of ketones is 2. The molecular formula is C32H35N5O11. The van der Waals surface area contributed by atoms with Crippen LogP contribution in [-0.4, -0.2) is 107 Å². The van der Waals surface area contributed by atoms with Crippen molar-refractivity contribution in [2.75, 3.05) is 45.2 Å². The van der Waals surface area contributed by atoms with Crippen LogP contribution in [0.3, 0.4) is 0 Å². The summed E-state index contributed by atoms with van der Waals surface area (Å²) in [6, 6.07) is 4.40. The lowest BCUT2D eigenvalue weighted by molar-refractivity contribution is -0.161. The van der Waals surface area contributed by atoms with Crippen molar-refractivity contribution in [3.63, 3.8) is 0 Å². The lowest BCUT2D eigenvalue weighted by Gasteiger charge is -2.52. The number of aliphatic hydroxyl groups excluding tert-OH is 3. The first kappa shape index (κ1) is 32.6. The summed E-state index contributed by atoms with van der Waals surface area (Å²) in [7, 11) is 6.31. The molecule has 0 saturated carbocycles. The minimum atomic E-state index is -3.02. The zero-order valence-corrected chi connectivity index (χ0v) is 26.4. The summed E-state index contributed by atoms with van der Waals surface area (Å²) >= 11 is 0. The maximum absolute atomic E-state index is 14.2. The molecule has 16 heteroatoms. The predicted octanol–water partition coefficient (Wildman–Crippen LogP) is 0.208. The van der Waals surface area contributed by atoms with Crippen molar-refractivity contribution in [2.24, 2.45) is 17.6 Å². The van der Waals surface area contributed by atoms with Crippen molar-refractivity contribution in [3.8, 4) is 17.2 Å². The van der Waals surface area contributed by atoms with Gasteiger partial charge in [0.2, 0.25) is 12.6 Å². The van der Waals surface area contributed by atoms with Crippen molar-refractivity contribution in [1.29, 1.82) is 0 Å². The number of phenolic OH excluding ortho intramolecular Hbond substituents is 1. The number of nitrogens with two attached hydrogens (primary N) is 1. The Hall–Kier alpha value is -5.32. The fraction of sp³-hybridized carbons (Fsp3) is 0.375. The molecule has 5 atom stereocenters. The highest BCUT2D eigenvalue weighted by atomic mass is 16.7. The van der Waals surface area contributed by atoms with E-state index in [1.807, 2.05) is 0 Å². The van der Waals surface area contributed by atoms with E-state index in [-0.39, 0.29) is 30.9 Å². The molecule has 16 nitrogen and oxygen atoms in total. The summed E-state index contributed by atoms with van der Waals surface area (Å²) in [6.07, 6.45) is -1.83. The minimum absolute atomic E-state index is 0.0612. The third-order valence-corrected chi connectivity index (χ3v) is 9.41. The van der Waals surface area contributed by atoms with Crippen LogP contribution < -0.4 is 30.7 Å². The van der Waals surface area contributed by atoms with Crippen molar-refractivity contribution < 1.29 is 54.2 Å². The van der Waals surface area contributed by atoms with Crippen LogP contribution in [0.4, 0.5) is 16.2 Å². The number of amides is 3. The number of carbonyl (C=O) groups is 4. The van der Waals surface area contributed by atoms with Crippen LogP contribution in [0.1, 0.15) is 21.5 Å². The maximum atomic E-state index is 14.2. The molecule has 0 aromatic heterocycles. The van der Waals surface area contributed by atoms with Gasteiger partial charge < -0.3 is 56.3 Å². The number of ether oxygens (including phenoxy) is 2. The van der Waals surface area contributed by atoms with Gasteiger partial charge in [0.1, 0.15) is 22.8 Å². The van der Waals surface area contributed by atoms with Crippen LogP contribution in [0.5, 0.6) is 17.2 Å². The molecule has 2 aromatic carbocycles. The van der Waals surface area contributed by atoms with Gasteiger partial charge in [-0.15, -0.1) is 0 Å². The number of likely N-dealkylation sites (N-methyl/N-ethyl adjacent to an activating group) is 1. The number of nitrogens with zero attached hydrogens (tertiary/aromatic N) is 2. The Morgan fingerprint density at radius 2 is 1.75 bits per heavy atom. The van der Waals surface area contributed by atoms with Crippen molar-refractivity contribution in [2.45, 2.75) is 30.7 Å². The van der Waals surface area contributed by atoms with Crippen LogP contribution in [0, 0.1) is 11.8 Å². The number of aliphatic hydroxyl groups is 4. The summed E-state index contributed by atoms with van der Waals surface area (Å²) in [5.74, 6) is -8.06. The molecule has 0 fully saturated rings. The van der Waals surface area contributed by atoms with Crippen LogP contribution in [-0.2, 0) is 22.6 Å². The molecule has 4 aliphatic rings. The van der Waals surface area contributed by atoms with Gasteiger partial charge in [-0.1, -0.05) is 0 Å². The standard InChI is InChI=1S/C32H35N5O11/c1-36(2)16-7-12(10-34-31(45)35-13-5-6-17-18(8-13)48-11-47-17)24(38)19-14(16)9-15-20(26(19)40)28(42)32(46)22(25(15)39)23(37(3)4)27(41)21(29(32)43)30(33)44/h5-8,15,22-23,25,38-39,41-42,46H,9-11H2,1-4H3,(H2,33,44)(H2,34,35,45)/t15?,22-,23+,25+,32+/m1/s1. The highest BCUT2D eigenvalue weighted by molar-refractivity contribution is 6.25. The first-order valence-corrected chi connectivity index (χ1v) is 14.9. The van der Waals surface area contributed by atoms with E-state index in [0.717, 1.165) is 0 Å². The van der Waals surface area contributed by atoms with Gasteiger partial charge in [0.05, 0.1) is 23.6 Å². The van der Waals surface area contributed by atoms with Crippen LogP contribution >= 0.6 is 0 Å². The summed E-state index contributed by atoms with van der Waals surface area (Å²) in [6.45, 7) is -0.187. The topological polar surface area (TPSA) is 244 Å². The fourth-order valence-corrected chi connectivity index (χ4v) is 7.23. The zero-order valence-electron chi connectivity index (χ0n) is 26.4. The number of hydrogen-bond acceptors (Lipinski definition) is 13. The van der Waals surface area contributed by atoms with Crippen molar-refractivity contribution >= 4 is 34.9 Å². The Labute approximate surface area is 273 Å². The third kappa shape index (κ3) is 4.70. The fourth-order valence-electron chi connectivity index (χ4n) is 7.23. The van der Waals surface area contributed by atoms with Crippen LogP contribution in [0.2, 0.25) is 0 Å². The molecule has 2 aromatic rings. The van der Waals surface area contributed by atoms with Crippen molar-refractivity contribution in [3.05, 3.63) is 63.6 Å². The number of aromatic hydroxyl groups is 1. The van der Waals surface area contributed by atoms with Crippen LogP contribution in [0.15, 0.2) is 46.9 Å². The SMILES string of the molecule is CN(C)c1cc(CNC(=O)Nc2ccc3c(c2)OCO3)c(O)c2c1CC1C(=C(O)[C@]3(O)C(=O)C(C(N)=O)=C(O)[C@@H](N(C)C)[C@@H]3[C@H]1O)C2=O. The molecule has 1 heterocycles. The molecule has 9 N–H and O–H groups in total. The number of rotatable bonds is 6. The van der Waals surface area contributed by atoms with Gasteiger partial charge in [-0.25, -0.2) is 4.79 Å². The molecule has 3 amide bonds. The highest BCUT2D eigenvalue weighted by Gasteiger charge is 2.66. The average Bonchev–Trinajstić information content (AvgIpc) is 3.48. The van der Waals surface area contributed by atoms with Gasteiger partial charge in [0.25, 0.3) is 5.91 Å². The minimum Gasteiger partial charge on any atom is -0.510 e. The van der Waals surface area contributed by atoms with Gasteiger partial charge in [0.15, 0.2) is 22.9 Å². The summed E-state index contributed by atoms with van der Waals surface area (Å²) in [5.41, 5.74) is 1.89. The summed E-state index contributed by atoms with van der Waals surface area (Å²) in [4.78, 5) is 55.8. The lowest BCUT2D eigenvalue weighted by atomic mass is 9.57. The van der Waals surface area contributed by atoms with Gasteiger partial charge >= 0.3 is 6.03 Å². The first-order chi connectivity index (χ1) is 22.6. The molecule has 6 rings (SSSR count). The molecule has 0 spiro atoms. The number of fused-ring (bicyclic) bond motifs is 4. The number of nitrogens with one attached hydrogen (secondary N) is 2. The first-order valence-electron chi connectivity index (χ1n) is 14.9. The molecular weight excluding hydrogens is 630 g/mol. The Balaban J connectivity index is 1.39. The average molecular weight is 666 g/mol. The Morgan fingerprint density at radius 3 is 2.40 bits per heavy atom. The smallest absolute Gasteiger partial charge is 0.319 e. The molecule has 0 saturated heterocycles. The number of Topliss-reactive ketones (excluding diaryl/α,β-unsaturated/α-hetero) is 2. The maximum Gasteiger partial charge on any atom is 0.319 e. The largest absolute Gasteiger partial charge is 0.510 e. The second kappa shape index (κ2) is 11.4. The number of primary amides is 1. The van der Waals surface area contributed by atoms with Gasteiger partial charge in [0, 0.05) is 55.1 Å². The van der Waals surface area contributed by atoms with E-state index < -0.39 is 81.5 Å². The van der Waals surface area contributed by atoms with Gasteiger partial charge in [-0.05, 0) is 44.3 Å². The Bertz CT molecular complexity index is 1850. The number of urea groups is 1. The van der Waals surface area contributed by atoms with E-state index in [1.165, 1.54) is 19.0 Å². The van der Waals surface area contributed by atoms with Crippen LogP contribution in [0.25, 0.3) is 0 Å². The second-order valence-corrected chi connectivity index (χ2v) is 12.6. The third-order valence-electron chi connectivity index (χ3n) is 9.41. The van der Waals surface area contributed by atoms with Gasteiger partial charge in [-0.2, -0.15) is 0 Å². The number of benzene rings is 2. The van der Waals surface area contributed by atoms with E-state index in [0.29, 0.717) is 28.4 Å². The highest BCUT2D eigenvalue weighted by Crippen LogP contribution is 2.53. The van der Waals surface area contributed by atoms with E-state index in [1.54, 1.807) is 43.3 Å². The lowest BCUT2D eigenvalue weighted by Crippen LogP contribution is -2.68. The Morgan fingerprint density at radius 1 is 1.06 bits per heavy atom. The number of hydrogen-bond donors (Lipinski definition) is 8. The molecule has 1 unspecified atom stereocenters. The predicted molar refractivity (Wildman–Crippen MR) is 168 cm³/mol. The number of phenols is 1. The molecule has 0 bridgehead atoms. The quantitative estimate of drug-likeness (QED) is 0.193. The Kier molecular flexibility index (Phi) is 7.77. The van der Waals surface area contributed by atoms with E-state index in [4.69, 9.17) is 15.2 Å². The van der Waals surface area contributed by atoms with E-state index in [2.05, 4.69) is 10.6 Å². The summed E-state index contributed by atoms with van der Waals surface area (Å²) < 4.78 is 10.6. The number of carbonyl (C=O) groups excluding carboxylic acids is 4. The normalized spacial score (nSPS) is 25.8. The zero-order chi connectivity index (χ0) is 35.0. The van der Waals surface area contributed by atoms with E-state index in [9.17, 15) is 44.7 Å². The molecule has 0 radical (unpaired) electrons. The monoisotopic (exact) mass is 665 g/mol. The molecule has 254 valence electrons. The second-order valence-electron chi connectivity index (χ2n) is 12.6. The molecule has 3 aliphatic carbocycles. The summed E-state index contributed by atoms with van der Waals surface area (Å²) in [5, 5.41) is 62.8.